The summed E-state index contributed by atoms with van der Waals surface area (Å²) < 4.78 is 11.3. The summed E-state index contributed by atoms with van der Waals surface area (Å²) in [6, 6.07) is 6.85. The van der Waals surface area contributed by atoms with Crippen molar-refractivity contribution in [2.45, 2.75) is 58.6 Å². The van der Waals surface area contributed by atoms with Crippen molar-refractivity contribution in [3.05, 3.63) is 51.0 Å². The topological polar surface area (TPSA) is 84.9 Å². The van der Waals surface area contributed by atoms with Gasteiger partial charge in [-0.25, -0.2) is 4.79 Å². The highest BCUT2D eigenvalue weighted by molar-refractivity contribution is 6.40. The number of halogens is 2. The van der Waals surface area contributed by atoms with Gasteiger partial charge in [0.05, 0.1) is 17.7 Å². The fourth-order valence-electron chi connectivity index (χ4n) is 6.78. The van der Waals surface area contributed by atoms with E-state index in [1.807, 2.05) is 0 Å². The number of carbonyl (C=O) groups is 2. The van der Waals surface area contributed by atoms with E-state index in [4.69, 9.17) is 32.7 Å². The van der Waals surface area contributed by atoms with Crippen molar-refractivity contribution in [2.75, 3.05) is 12.4 Å². The number of methoxy groups -OCH3 is 1. The van der Waals surface area contributed by atoms with Crippen LogP contribution in [-0.4, -0.2) is 30.1 Å². The normalized spacial score (nSPS) is 26.3. The van der Waals surface area contributed by atoms with Crippen LogP contribution in [-0.2, 0) is 11.3 Å². The van der Waals surface area contributed by atoms with Gasteiger partial charge in [0.25, 0.3) is 0 Å². The molecule has 186 valence electrons. The Balaban J connectivity index is 1.51. The first kappa shape index (κ1) is 24.3. The van der Waals surface area contributed by atoms with Crippen molar-refractivity contribution in [3.8, 4) is 11.5 Å². The van der Waals surface area contributed by atoms with E-state index in [9.17, 15) is 14.7 Å². The molecule has 2 fully saturated rings. The summed E-state index contributed by atoms with van der Waals surface area (Å²) in [5, 5.41) is 14.3. The fraction of sp³-hybridized carbons (Fsp3) is 0.481. The van der Waals surface area contributed by atoms with E-state index in [2.05, 4.69) is 19.2 Å². The average Bonchev–Trinajstić information content (AvgIpc) is 3.21. The lowest BCUT2D eigenvalue weighted by molar-refractivity contribution is -0.0147. The Hall–Kier alpha value is -2.44. The Morgan fingerprint density at radius 1 is 1.20 bits per heavy atom. The van der Waals surface area contributed by atoms with Crippen molar-refractivity contribution in [1.82, 2.24) is 0 Å². The second-order valence-corrected chi connectivity index (χ2v) is 11.2. The smallest absolute Gasteiger partial charge is 0.339 e. The van der Waals surface area contributed by atoms with Crippen LogP contribution >= 0.6 is 23.2 Å². The van der Waals surface area contributed by atoms with Crippen LogP contribution in [0.15, 0.2) is 24.3 Å². The number of rotatable bonds is 5. The molecule has 35 heavy (non-hydrogen) atoms. The second-order valence-electron chi connectivity index (χ2n) is 10.4. The molecule has 6 nitrogen and oxygen atoms in total. The maximum absolute atomic E-state index is 13.6. The molecule has 2 saturated carbocycles. The minimum Gasteiger partial charge on any atom is -0.506 e. The Bertz CT molecular complexity index is 1220. The van der Waals surface area contributed by atoms with E-state index in [0.717, 1.165) is 25.7 Å². The highest BCUT2D eigenvalue weighted by Gasteiger charge is 2.63. The van der Waals surface area contributed by atoms with Crippen molar-refractivity contribution >= 4 is 40.6 Å². The number of ketones is 1. The molecule has 2 aliphatic carbocycles. The molecule has 2 aromatic carbocycles. The van der Waals surface area contributed by atoms with Crippen molar-refractivity contribution in [1.29, 1.82) is 0 Å². The molecule has 5 rings (SSSR count). The van der Waals surface area contributed by atoms with Crippen LogP contribution in [0.3, 0.4) is 0 Å². The first-order chi connectivity index (χ1) is 16.6. The SMILES string of the molecule is COC(=O)c1ccccc1NCc1c(O)c(Cl)c2c(Cl)c1C(=O)CC(C13CCC(CC1)C3(C)C)O2. The molecule has 0 radical (unpaired) electrons. The van der Waals surface area contributed by atoms with Crippen molar-refractivity contribution < 1.29 is 24.2 Å². The van der Waals surface area contributed by atoms with Gasteiger partial charge < -0.3 is 19.9 Å². The van der Waals surface area contributed by atoms with Crippen LogP contribution in [0.25, 0.3) is 0 Å². The maximum Gasteiger partial charge on any atom is 0.339 e. The number of carbonyl (C=O) groups excluding carboxylic acids is 2. The lowest BCUT2D eigenvalue weighted by Crippen LogP contribution is -2.45. The number of ether oxygens (including phenoxy) is 2. The lowest BCUT2D eigenvalue weighted by Gasteiger charge is -2.43. The fourth-order valence-corrected chi connectivity index (χ4v) is 7.44. The molecule has 0 saturated heterocycles. The predicted octanol–water partition coefficient (Wildman–Crippen LogP) is 6.65. The molecule has 1 aliphatic heterocycles. The molecule has 1 unspecified atom stereocenters. The highest BCUT2D eigenvalue weighted by atomic mass is 35.5. The Morgan fingerprint density at radius 3 is 2.51 bits per heavy atom. The number of phenols is 1. The van der Waals surface area contributed by atoms with Gasteiger partial charge in [-0.1, -0.05) is 49.2 Å². The number of aromatic hydroxyl groups is 1. The second kappa shape index (κ2) is 8.59. The zero-order chi connectivity index (χ0) is 25.1. The Morgan fingerprint density at radius 2 is 1.89 bits per heavy atom. The summed E-state index contributed by atoms with van der Waals surface area (Å²) in [6.45, 7) is 4.59. The summed E-state index contributed by atoms with van der Waals surface area (Å²) >= 11 is 13.3. The van der Waals surface area contributed by atoms with Crippen LogP contribution in [0, 0.1) is 16.7 Å². The van der Waals surface area contributed by atoms with E-state index in [-0.39, 0.29) is 68.4 Å². The molecule has 2 aromatic rings. The van der Waals surface area contributed by atoms with Gasteiger partial charge in [0.15, 0.2) is 11.5 Å². The molecule has 3 aliphatic rings. The molecular formula is C27H29Cl2NO5. The molecule has 1 heterocycles. The van der Waals surface area contributed by atoms with Gasteiger partial charge in [0.2, 0.25) is 0 Å². The number of anilines is 1. The lowest BCUT2D eigenvalue weighted by atomic mass is 9.65. The van der Waals surface area contributed by atoms with Gasteiger partial charge in [-0.3, -0.25) is 4.79 Å². The van der Waals surface area contributed by atoms with E-state index < -0.39 is 5.97 Å². The zero-order valence-electron chi connectivity index (χ0n) is 20.0. The molecule has 4 bridgehead atoms. The standard InChI is InChI=1S/C27H29Cl2NO5/c1-26(2)14-8-10-27(26,11-9-14)19-12-18(31)20-16(23(32)22(29)24(35-19)21(20)28)13-30-17-7-5-4-6-15(17)25(33)34-3/h4-7,14,19,30,32H,8-13H2,1-3H3. The molecule has 1 atom stereocenters. The van der Waals surface area contributed by atoms with Crippen molar-refractivity contribution in [3.63, 3.8) is 0 Å². The third-order valence-corrected chi connectivity index (χ3v) is 9.62. The summed E-state index contributed by atoms with van der Waals surface area (Å²) in [5.41, 5.74) is 1.24. The van der Waals surface area contributed by atoms with Crippen LogP contribution in [0.4, 0.5) is 5.69 Å². The van der Waals surface area contributed by atoms with Crippen LogP contribution in [0.5, 0.6) is 11.5 Å². The van der Waals surface area contributed by atoms with E-state index in [1.165, 1.54) is 7.11 Å². The molecule has 0 amide bonds. The van der Waals surface area contributed by atoms with Crippen LogP contribution in [0.2, 0.25) is 10.0 Å². The Labute approximate surface area is 214 Å². The molecule has 8 heteroatoms. The van der Waals surface area contributed by atoms with E-state index >= 15 is 0 Å². The zero-order valence-corrected chi connectivity index (χ0v) is 21.6. The van der Waals surface area contributed by atoms with Gasteiger partial charge in [-0.15, -0.1) is 0 Å². The quantitative estimate of drug-likeness (QED) is 0.432. The summed E-state index contributed by atoms with van der Waals surface area (Å²) in [5.74, 6) is -0.130. The largest absolute Gasteiger partial charge is 0.506 e. The summed E-state index contributed by atoms with van der Waals surface area (Å²) in [6.07, 6.45) is 4.05. The van der Waals surface area contributed by atoms with Crippen LogP contribution in [0.1, 0.15) is 72.2 Å². The molecule has 0 spiro atoms. The molecule has 0 aromatic heterocycles. The minimum absolute atomic E-state index is 0.00162. The number of fused-ring (bicyclic) bond motifs is 4. The van der Waals surface area contributed by atoms with Crippen LogP contribution < -0.4 is 10.1 Å². The van der Waals surface area contributed by atoms with Gasteiger partial charge in [0, 0.05) is 35.2 Å². The first-order valence-electron chi connectivity index (χ1n) is 12.0. The van der Waals surface area contributed by atoms with E-state index in [0.29, 0.717) is 17.2 Å². The number of nitrogens with one attached hydrogen (secondary N) is 1. The predicted molar refractivity (Wildman–Crippen MR) is 135 cm³/mol. The molecule has 2 N–H and O–H groups in total. The monoisotopic (exact) mass is 517 g/mol. The third kappa shape index (κ3) is 3.52. The first-order valence-corrected chi connectivity index (χ1v) is 12.7. The van der Waals surface area contributed by atoms with Gasteiger partial charge in [-0.05, 0) is 49.1 Å². The maximum atomic E-state index is 13.6. The number of benzene rings is 2. The average molecular weight is 518 g/mol. The minimum atomic E-state index is -0.498. The van der Waals surface area contributed by atoms with E-state index in [1.54, 1.807) is 24.3 Å². The third-order valence-electron chi connectivity index (χ3n) is 8.91. The number of Topliss-reactive ketones (excluding diaryl/α,β-unsaturated/α-hetero) is 1. The van der Waals surface area contributed by atoms with Crippen molar-refractivity contribution in [2.24, 2.45) is 16.7 Å². The highest BCUT2D eigenvalue weighted by Crippen LogP contribution is 2.68. The summed E-state index contributed by atoms with van der Waals surface area (Å²) in [7, 11) is 1.31. The number of phenolic OH excluding ortho intramolecular Hbond substituents is 1. The number of hydrogen-bond donors (Lipinski definition) is 2. The Kier molecular flexibility index (Phi) is 5.96. The molecular weight excluding hydrogens is 489 g/mol. The number of hydrogen-bond acceptors (Lipinski definition) is 6. The summed E-state index contributed by atoms with van der Waals surface area (Å²) in [4.78, 5) is 25.8. The van der Waals surface area contributed by atoms with Gasteiger partial charge >= 0.3 is 5.97 Å². The van der Waals surface area contributed by atoms with Gasteiger partial charge in [-0.2, -0.15) is 0 Å². The van der Waals surface area contributed by atoms with Gasteiger partial charge in [0.1, 0.15) is 16.9 Å². The number of para-hydroxylation sites is 1. The number of esters is 1.